The highest BCUT2D eigenvalue weighted by atomic mass is 15.2. The molecule has 2 rings (SSSR count). The minimum absolute atomic E-state index is 0.424. The molecule has 3 heteroatoms. The fourth-order valence-corrected chi connectivity index (χ4v) is 4.29. The molecule has 1 heterocycles. The van der Waals surface area contributed by atoms with Gasteiger partial charge in [0.05, 0.1) is 0 Å². The van der Waals surface area contributed by atoms with Gasteiger partial charge < -0.3 is 10.6 Å². The van der Waals surface area contributed by atoms with Crippen LogP contribution in [0.1, 0.15) is 59.3 Å². The van der Waals surface area contributed by atoms with Gasteiger partial charge in [-0.25, -0.2) is 0 Å². The fourth-order valence-electron chi connectivity index (χ4n) is 4.29. The second kappa shape index (κ2) is 7.24. The standard InChI is InChI=1S/C17H35N3/c1-5-6-14-11-16(19(4)13(2)3)7-8-17(14)20-10-9-15(18)12-20/h13-17H,5-12,18H2,1-4H3/t14-,15+,16-,17+/m1/s1. The normalized spacial score (nSPS) is 36.1. The Balaban J connectivity index is 1.97. The van der Waals surface area contributed by atoms with E-state index < -0.39 is 0 Å². The van der Waals surface area contributed by atoms with Crippen molar-refractivity contribution in [3.05, 3.63) is 0 Å². The fraction of sp³-hybridized carbons (Fsp3) is 1.00. The quantitative estimate of drug-likeness (QED) is 0.841. The molecule has 0 aromatic carbocycles. The predicted molar refractivity (Wildman–Crippen MR) is 86.9 cm³/mol. The van der Waals surface area contributed by atoms with Gasteiger partial charge in [0.15, 0.2) is 0 Å². The van der Waals surface area contributed by atoms with E-state index in [1.807, 2.05) is 0 Å². The maximum atomic E-state index is 6.12. The Hall–Kier alpha value is -0.120. The molecule has 4 atom stereocenters. The SMILES string of the molecule is CCC[C@@H]1C[C@H](N(C)C(C)C)CC[C@@H]1N1CC[C@H](N)C1. The maximum absolute atomic E-state index is 6.12. The van der Waals surface area contributed by atoms with Crippen LogP contribution < -0.4 is 5.73 Å². The van der Waals surface area contributed by atoms with E-state index in [1.165, 1.54) is 45.1 Å². The number of rotatable bonds is 5. The van der Waals surface area contributed by atoms with Crippen LogP contribution in [0.5, 0.6) is 0 Å². The van der Waals surface area contributed by atoms with E-state index in [4.69, 9.17) is 5.73 Å². The third-order valence-corrected chi connectivity index (χ3v) is 5.69. The molecule has 1 saturated heterocycles. The predicted octanol–water partition coefficient (Wildman–Crippen LogP) is 2.70. The van der Waals surface area contributed by atoms with Crippen molar-refractivity contribution in [2.24, 2.45) is 11.7 Å². The van der Waals surface area contributed by atoms with Gasteiger partial charge in [-0.05, 0) is 58.9 Å². The Kier molecular flexibility index (Phi) is 5.88. The number of nitrogens with two attached hydrogens (primary N) is 1. The summed E-state index contributed by atoms with van der Waals surface area (Å²) in [5.41, 5.74) is 6.12. The number of hydrogen-bond donors (Lipinski definition) is 1. The topological polar surface area (TPSA) is 32.5 Å². The molecule has 2 aliphatic rings. The maximum Gasteiger partial charge on any atom is 0.0180 e. The van der Waals surface area contributed by atoms with Crippen molar-refractivity contribution < 1.29 is 0 Å². The minimum Gasteiger partial charge on any atom is -0.326 e. The van der Waals surface area contributed by atoms with E-state index in [1.54, 1.807) is 0 Å². The Morgan fingerprint density at radius 2 is 2.00 bits per heavy atom. The van der Waals surface area contributed by atoms with Gasteiger partial charge in [0, 0.05) is 37.3 Å². The smallest absolute Gasteiger partial charge is 0.0180 e. The van der Waals surface area contributed by atoms with Gasteiger partial charge in [0.1, 0.15) is 0 Å². The third-order valence-electron chi connectivity index (χ3n) is 5.69. The van der Waals surface area contributed by atoms with Crippen LogP contribution in [0.25, 0.3) is 0 Å². The van der Waals surface area contributed by atoms with Gasteiger partial charge >= 0.3 is 0 Å². The van der Waals surface area contributed by atoms with E-state index in [2.05, 4.69) is 37.6 Å². The lowest BCUT2D eigenvalue weighted by Gasteiger charge is -2.44. The molecular formula is C17H35N3. The average molecular weight is 281 g/mol. The monoisotopic (exact) mass is 281 g/mol. The zero-order valence-electron chi connectivity index (χ0n) is 14.0. The van der Waals surface area contributed by atoms with Crippen LogP contribution in [-0.2, 0) is 0 Å². The average Bonchev–Trinajstić information content (AvgIpc) is 2.84. The Bertz CT molecular complexity index is 292. The zero-order chi connectivity index (χ0) is 14.7. The molecule has 0 bridgehead atoms. The van der Waals surface area contributed by atoms with E-state index in [-0.39, 0.29) is 0 Å². The molecule has 0 aromatic heterocycles. The summed E-state index contributed by atoms with van der Waals surface area (Å²) < 4.78 is 0. The molecule has 3 nitrogen and oxygen atoms in total. The van der Waals surface area contributed by atoms with Crippen molar-refractivity contribution in [2.45, 2.75) is 83.5 Å². The van der Waals surface area contributed by atoms with Gasteiger partial charge in [-0.15, -0.1) is 0 Å². The molecule has 0 unspecified atom stereocenters. The van der Waals surface area contributed by atoms with Gasteiger partial charge in [-0.1, -0.05) is 13.3 Å². The first-order valence-corrected chi connectivity index (χ1v) is 8.74. The Morgan fingerprint density at radius 3 is 2.55 bits per heavy atom. The highest BCUT2D eigenvalue weighted by molar-refractivity contribution is 4.93. The van der Waals surface area contributed by atoms with E-state index in [9.17, 15) is 0 Å². The first-order chi connectivity index (χ1) is 9.52. The third kappa shape index (κ3) is 3.75. The molecule has 2 N–H and O–H groups in total. The lowest BCUT2D eigenvalue weighted by molar-refractivity contribution is 0.0568. The van der Waals surface area contributed by atoms with Crippen LogP contribution in [0.15, 0.2) is 0 Å². The summed E-state index contributed by atoms with van der Waals surface area (Å²) in [6.45, 7) is 9.34. The zero-order valence-corrected chi connectivity index (χ0v) is 14.0. The van der Waals surface area contributed by atoms with Crippen molar-refractivity contribution in [1.29, 1.82) is 0 Å². The Morgan fingerprint density at radius 1 is 1.25 bits per heavy atom. The van der Waals surface area contributed by atoms with Crippen LogP contribution in [0.3, 0.4) is 0 Å². The molecule has 1 aliphatic heterocycles. The molecule has 1 aliphatic carbocycles. The highest BCUT2D eigenvalue weighted by Crippen LogP contribution is 2.35. The van der Waals surface area contributed by atoms with Crippen molar-refractivity contribution in [2.75, 3.05) is 20.1 Å². The summed E-state index contributed by atoms with van der Waals surface area (Å²) in [4.78, 5) is 5.30. The van der Waals surface area contributed by atoms with Gasteiger partial charge in [0.2, 0.25) is 0 Å². The van der Waals surface area contributed by atoms with Crippen LogP contribution in [0.4, 0.5) is 0 Å². The molecular weight excluding hydrogens is 246 g/mol. The molecule has 0 spiro atoms. The summed E-state index contributed by atoms with van der Waals surface area (Å²) in [5.74, 6) is 0.880. The van der Waals surface area contributed by atoms with Gasteiger partial charge in [-0.2, -0.15) is 0 Å². The van der Waals surface area contributed by atoms with Gasteiger partial charge in [-0.3, -0.25) is 4.90 Å². The molecule has 118 valence electrons. The lowest BCUT2D eigenvalue weighted by atomic mass is 9.77. The van der Waals surface area contributed by atoms with Crippen molar-refractivity contribution >= 4 is 0 Å². The van der Waals surface area contributed by atoms with Crippen molar-refractivity contribution in [3.63, 3.8) is 0 Å². The van der Waals surface area contributed by atoms with Crippen LogP contribution in [0.2, 0.25) is 0 Å². The largest absolute Gasteiger partial charge is 0.326 e. The molecule has 2 fully saturated rings. The first kappa shape index (κ1) is 16.3. The summed E-state index contributed by atoms with van der Waals surface area (Å²) >= 11 is 0. The van der Waals surface area contributed by atoms with Crippen molar-refractivity contribution in [1.82, 2.24) is 9.80 Å². The Labute approximate surface area is 125 Å². The van der Waals surface area contributed by atoms with Gasteiger partial charge in [0.25, 0.3) is 0 Å². The number of hydrogen-bond acceptors (Lipinski definition) is 3. The highest BCUT2D eigenvalue weighted by Gasteiger charge is 2.37. The molecule has 0 radical (unpaired) electrons. The summed E-state index contributed by atoms with van der Waals surface area (Å²) in [7, 11) is 2.31. The molecule has 1 saturated carbocycles. The summed E-state index contributed by atoms with van der Waals surface area (Å²) in [6, 6.07) is 2.69. The summed E-state index contributed by atoms with van der Waals surface area (Å²) in [6.07, 6.45) is 8.03. The van der Waals surface area contributed by atoms with Crippen LogP contribution in [-0.4, -0.2) is 54.1 Å². The summed E-state index contributed by atoms with van der Waals surface area (Å²) in [5, 5.41) is 0. The van der Waals surface area contributed by atoms with E-state index in [0.29, 0.717) is 12.1 Å². The van der Waals surface area contributed by atoms with E-state index in [0.717, 1.165) is 24.5 Å². The minimum atomic E-state index is 0.424. The molecule has 0 aromatic rings. The van der Waals surface area contributed by atoms with Crippen molar-refractivity contribution in [3.8, 4) is 0 Å². The van der Waals surface area contributed by atoms with E-state index >= 15 is 0 Å². The lowest BCUT2D eigenvalue weighted by Crippen LogP contribution is -2.49. The van der Waals surface area contributed by atoms with Crippen LogP contribution in [0, 0.1) is 5.92 Å². The first-order valence-electron chi connectivity index (χ1n) is 8.74. The molecule has 0 amide bonds. The molecule has 20 heavy (non-hydrogen) atoms. The van der Waals surface area contributed by atoms with Crippen LogP contribution >= 0.6 is 0 Å². The second-order valence-corrected chi connectivity index (χ2v) is 7.39. The number of likely N-dealkylation sites (tertiary alicyclic amines) is 1. The number of nitrogens with zero attached hydrogens (tertiary/aromatic N) is 2. The second-order valence-electron chi connectivity index (χ2n) is 7.39.